The second-order valence-corrected chi connectivity index (χ2v) is 6.50. The van der Waals surface area contributed by atoms with Crippen LogP contribution < -0.4 is 5.32 Å². The summed E-state index contributed by atoms with van der Waals surface area (Å²) in [6.07, 6.45) is 0.801. The lowest BCUT2D eigenvalue weighted by molar-refractivity contribution is -0.131. The fourth-order valence-corrected chi connectivity index (χ4v) is 3.39. The molecule has 0 unspecified atom stereocenters. The predicted octanol–water partition coefficient (Wildman–Crippen LogP) is 2.87. The van der Waals surface area contributed by atoms with E-state index in [1.54, 1.807) is 0 Å². The molecule has 4 nitrogen and oxygen atoms in total. The van der Waals surface area contributed by atoms with E-state index in [-0.39, 0.29) is 17.7 Å². The van der Waals surface area contributed by atoms with Gasteiger partial charge in [0.15, 0.2) is 0 Å². The van der Waals surface area contributed by atoms with Gasteiger partial charge in [-0.2, -0.15) is 0 Å². The van der Waals surface area contributed by atoms with Crippen LogP contribution in [-0.2, 0) is 9.59 Å². The zero-order valence-corrected chi connectivity index (χ0v) is 14.6. The third-order valence-corrected chi connectivity index (χ3v) is 4.81. The molecule has 1 N–H and O–H groups in total. The molecule has 25 heavy (non-hydrogen) atoms. The highest BCUT2D eigenvalue weighted by Gasteiger charge is 2.24. The number of hydrogen-bond acceptors (Lipinski definition) is 2. The van der Waals surface area contributed by atoms with Crippen LogP contribution in [0.1, 0.15) is 35.4 Å². The number of carbonyl (C=O) groups is 2. The van der Waals surface area contributed by atoms with Crippen molar-refractivity contribution in [1.82, 2.24) is 10.2 Å². The topological polar surface area (TPSA) is 49.4 Å². The molecule has 1 fully saturated rings. The van der Waals surface area contributed by atoms with Crippen LogP contribution in [0.15, 0.2) is 54.6 Å². The highest BCUT2D eigenvalue weighted by atomic mass is 16.2. The number of hydrogen-bond donors (Lipinski definition) is 1. The molecule has 1 atom stereocenters. The summed E-state index contributed by atoms with van der Waals surface area (Å²) in [5.74, 6) is 0.157. The van der Waals surface area contributed by atoms with Crippen molar-refractivity contribution >= 4 is 11.8 Å². The third-order valence-electron chi connectivity index (χ3n) is 4.81. The van der Waals surface area contributed by atoms with E-state index >= 15 is 0 Å². The summed E-state index contributed by atoms with van der Waals surface area (Å²) in [6, 6.07) is 18.4. The van der Waals surface area contributed by atoms with Crippen LogP contribution in [-0.4, -0.2) is 36.3 Å². The monoisotopic (exact) mass is 336 g/mol. The van der Waals surface area contributed by atoms with Crippen molar-refractivity contribution in [2.45, 2.75) is 25.7 Å². The van der Waals surface area contributed by atoms with Crippen molar-refractivity contribution < 1.29 is 9.59 Å². The average Bonchev–Trinajstić information content (AvgIpc) is 2.86. The third kappa shape index (κ3) is 4.27. The molecule has 0 saturated carbocycles. The van der Waals surface area contributed by atoms with Crippen molar-refractivity contribution in [3.8, 4) is 0 Å². The maximum atomic E-state index is 12.9. The predicted molar refractivity (Wildman–Crippen MR) is 98.3 cm³/mol. The fraction of sp³-hybridized carbons (Fsp3) is 0.333. The van der Waals surface area contributed by atoms with Gasteiger partial charge in [-0.05, 0) is 23.6 Å². The highest BCUT2D eigenvalue weighted by Crippen LogP contribution is 2.30. The van der Waals surface area contributed by atoms with Crippen LogP contribution in [0.5, 0.6) is 0 Å². The summed E-state index contributed by atoms with van der Waals surface area (Å²) in [7, 11) is 0. The van der Waals surface area contributed by atoms with Gasteiger partial charge < -0.3 is 10.2 Å². The van der Waals surface area contributed by atoms with Crippen LogP contribution in [0.25, 0.3) is 0 Å². The van der Waals surface area contributed by atoms with Crippen molar-refractivity contribution in [3.63, 3.8) is 0 Å². The maximum Gasteiger partial charge on any atom is 0.223 e. The van der Waals surface area contributed by atoms with Gasteiger partial charge in [0.2, 0.25) is 11.8 Å². The van der Waals surface area contributed by atoms with E-state index in [0.29, 0.717) is 32.5 Å². The SMILES string of the molecule is Cc1ccccc1[C@H](CC(=O)N1CCNC(=O)CC1)c1ccccc1. The zero-order chi connectivity index (χ0) is 17.6. The molecule has 2 aromatic rings. The Morgan fingerprint density at radius 2 is 1.80 bits per heavy atom. The first-order valence-electron chi connectivity index (χ1n) is 8.80. The summed E-state index contributed by atoms with van der Waals surface area (Å²) >= 11 is 0. The minimum absolute atomic E-state index is 0.0220. The molecule has 0 bridgehead atoms. The Labute approximate surface area is 148 Å². The first-order chi connectivity index (χ1) is 12.1. The first kappa shape index (κ1) is 17.2. The average molecular weight is 336 g/mol. The number of nitrogens with zero attached hydrogens (tertiary/aromatic N) is 1. The number of rotatable bonds is 4. The maximum absolute atomic E-state index is 12.9. The lowest BCUT2D eigenvalue weighted by Gasteiger charge is -2.25. The molecule has 0 spiro atoms. The number of benzene rings is 2. The molecule has 4 heteroatoms. The largest absolute Gasteiger partial charge is 0.354 e. The normalized spacial score (nSPS) is 16.0. The van der Waals surface area contributed by atoms with E-state index in [0.717, 1.165) is 5.56 Å². The molecular weight excluding hydrogens is 312 g/mol. The standard InChI is InChI=1S/C21H24N2O2/c1-16-7-5-6-10-18(16)19(17-8-3-2-4-9-17)15-21(25)23-13-11-20(24)22-12-14-23/h2-10,19H,11-15H2,1H3,(H,22,24)/t19-/m1/s1. The summed E-state index contributed by atoms with van der Waals surface area (Å²) < 4.78 is 0. The zero-order valence-electron chi connectivity index (χ0n) is 14.6. The Morgan fingerprint density at radius 1 is 1.08 bits per heavy atom. The number of amides is 2. The van der Waals surface area contributed by atoms with Gasteiger partial charge in [-0.25, -0.2) is 0 Å². The van der Waals surface area contributed by atoms with E-state index < -0.39 is 0 Å². The number of carbonyl (C=O) groups excluding carboxylic acids is 2. The lowest BCUT2D eigenvalue weighted by atomic mass is 9.85. The summed E-state index contributed by atoms with van der Waals surface area (Å²) in [4.78, 5) is 26.2. The van der Waals surface area contributed by atoms with Crippen LogP contribution >= 0.6 is 0 Å². The Balaban J connectivity index is 1.84. The van der Waals surface area contributed by atoms with Gasteiger partial charge in [-0.3, -0.25) is 9.59 Å². The van der Waals surface area contributed by atoms with Gasteiger partial charge in [0.05, 0.1) is 0 Å². The number of aryl methyl sites for hydroxylation is 1. The van der Waals surface area contributed by atoms with Gasteiger partial charge in [-0.1, -0.05) is 54.6 Å². The Kier molecular flexibility index (Phi) is 5.49. The quantitative estimate of drug-likeness (QED) is 0.933. The minimum Gasteiger partial charge on any atom is -0.354 e. The molecule has 1 saturated heterocycles. The second-order valence-electron chi connectivity index (χ2n) is 6.50. The van der Waals surface area contributed by atoms with Crippen molar-refractivity contribution in [2.75, 3.05) is 19.6 Å². The molecule has 0 aromatic heterocycles. The molecular formula is C21H24N2O2. The van der Waals surface area contributed by atoms with E-state index in [4.69, 9.17) is 0 Å². The van der Waals surface area contributed by atoms with Gasteiger partial charge >= 0.3 is 0 Å². The van der Waals surface area contributed by atoms with Crippen LogP contribution in [0.2, 0.25) is 0 Å². The molecule has 3 rings (SSSR count). The molecule has 1 heterocycles. The summed E-state index contributed by atoms with van der Waals surface area (Å²) in [5, 5.41) is 2.82. The van der Waals surface area contributed by atoms with Crippen LogP contribution in [0, 0.1) is 6.92 Å². The fourth-order valence-electron chi connectivity index (χ4n) is 3.39. The van der Waals surface area contributed by atoms with Crippen LogP contribution in [0.4, 0.5) is 0 Å². The number of nitrogens with one attached hydrogen (secondary N) is 1. The molecule has 1 aliphatic rings. The highest BCUT2D eigenvalue weighted by molar-refractivity contribution is 5.81. The van der Waals surface area contributed by atoms with Gasteiger partial charge in [0, 0.05) is 38.4 Å². The van der Waals surface area contributed by atoms with Gasteiger partial charge in [0.25, 0.3) is 0 Å². The van der Waals surface area contributed by atoms with E-state index in [2.05, 4.69) is 36.5 Å². The lowest BCUT2D eigenvalue weighted by Crippen LogP contribution is -2.35. The Bertz CT molecular complexity index is 743. The molecule has 1 aliphatic heterocycles. The minimum atomic E-state index is 0.0220. The molecule has 0 radical (unpaired) electrons. The van der Waals surface area contributed by atoms with E-state index in [1.807, 2.05) is 35.2 Å². The first-order valence-corrected chi connectivity index (χ1v) is 8.80. The smallest absolute Gasteiger partial charge is 0.223 e. The van der Waals surface area contributed by atoms with E-state index in [9.17, 15) is 9.59 Å². The van der Waals surface area contributed by atoms with Gasteiger partial charge in [0.1, 0.15) is 0 Å². The van der Waals surface area contributed by atoms with Crippen molar-refractivity contribution in [2.24, 2.45) is 0 Å². The van der Waals surface area contributed by atoms with Crippen molar-refractivity contribution in [3.05, 3.63) is 71.3 Å². The summed E-state index contributed by atoms with van der Waals surface area (Å²) in [6.45, 7) is 3.70. The molecule has 130 valence electrons. The van der Waals surface area contributed by atoms with E-state index in [1.165, 1.54) is 11.1 Å². The van der Waals surface area contributed by atoms with Crippen LogP contribution in [0.3, 0.4) is 0 Å². The molecule has 2 amide bonds. The molecule has 0 aliphatic carbocycles. The molecule has 2 aromatic carbocycles. The van der Waals surface area contributed by atoms with Crippen molar-refractivity contribution in [1.29, 1.82) is 0 Å². The second kappa shape index (κ2) is 7.97. The summed E-state index contributed by atoms with van der Waals surface area (Å²) in [5.41, 5.74) is 3.53. The Morgan fingerprint density at radius 3 is 2.56 bits per heavy atom. The Hall–Kier alpha value is -2.62. The van der Waals surface area contributed by atoms with Gasteiger partial charge in [-0.15, -0.1) is 0 Å².